The number of hydrogen-bond acceptors (Lipinski definition) is 2. The van der Waals surface area contributed by atoms with Crippen LogP contribution in [-0.2, 0) is 12.8 Å². The molecule has 1 aliphatic carbocycles. The van der Waals surface area contributed by atoms with Crippen molar-refractivity contribution in [2.75, 3.05) is 11.9 Å². The molecule has 0 radical (unpaired) electrons. The summed E-state index contributed by atoms with van der Waals surface area (Å²) in [5.41, 5.74) is 6.20. The minimum Gasteiger partial charge on any atom is -0.384 e. The highest BCUT2D eigenvalue weighted by atomic mass is 35.5. The van der Waals surface area contributed by atoms with Crippen molar-refractivity contribution in [2.24, 2.45) is 0 Å². The van der Waals surface area contributed by atoms with Crippen LogP contribution in [0.15, 0.2) is 12.1 Å². The molecule has 0 saturated heterocycles. The van der Waals surface area contributed by atoms with E-state index in [0.29, 0.717) is 0 Å². The van der Waals surface area contributed by atoms with Gasteiger partial charge in [0.15, 0.2) is 0 Å². The van der Waals surface area contributed by atoms with Gasteiger partial charge in [0.1, 0.15) is 0 Å². The number of aromatic nitrogens is 1. The van der Waals surface area contributed by atoms with Crippen LogP contribution in [0.25, 0.3) is 10.9 Å². The predicted molar refractivity (Wildman–Crippen MR) is 82.3 cm³/mol. The fraction of sp³-hybridized carbons (Fsp3) is 0.438. The van der Waals surface area contributed by atoms with Crippen LogP contribution in [0.3, 0.4) is 0 Å². The van der Waals surface area contributed by atoms with Gasteiger partial charge in [0.25, 0.3) is 0 Å². The molecule has 2 nitrogen and oxygen atoms in total. The van der Waals surface area contributed by atoms with Gasteiger partial charge in [-0.2, -0.15) is 0 Å². The summed E-state index contributed by atoms with van der Waals surface area (Å²) in [6.45, 7) is 5.15. The molecule has 19 heavy (non-hydrogen) atoms. The number of nitrogens with zero attached hydrogens (tertiary/aromatic N) is 1. The first-order valence-corrected chi connectivity index (χ1v) is 7.44. The lowest BCUT2D eigenvalue weighted by molar-refractivity contribution is 0.672. The Hall–Kier alpha value is -1.28. The van der Waals surface area contributed by atoms with Crippen molar-refractivity contribution in [1.29, 1.82) is 0 Å². The van der Waals surface area contributed by atoms with Gasteiger partial charge >= 0.3 is 0 Å². The first-order valence-electron chi connectivity index (χ1n) is 7.06. The molecule has 1 N–H and O–H groups in total. The molecule has 0 unspecified atom stereocenters. The van der Waals surface area contributed by atoms with Gasteiger partial charge in [0.05, 0.1) is 5.52 Å². The molecule has 0 saturated carbocycles. The third kappa shape index (κ3) is 2.18. The molecule has 100 valence electrons. The van der Waals surface area contributed by atoms with Gasteiger partial charge in [-0.15, -0.1) is 0 Å². The number of hydrogen-bond donors (Lipinski definition) is 1. The maximum Gasteiger partial charge on any atom is 0.0756 e. The van der Waals surface area contributed by atoms with E-state index in [2.05, 4.69) is 19.2 Å². The Bertz CT molecular complexity index is 634. The Kier molecular flexibility index (Phi) is 3.36. The Morgan fingerprint density at radius 2 is 2.05 bits per heavy atom. The number of pyridine rings is 1. The second-order valence-corrected chi connectivity index (χ2v) is 5.70. The third-order valence-corrected chi connectivity index (χ3v) is 4.09. The second kappa shape index (κ2) is 5.01. The fourth-order valence-corrected chi connectivity index (χ4v) is 3.31. The maximum absolute atomic E-state index is 6.22. The van der Waals surface area contributed by atoms with E-state index in [1.54, 1.807) is 0 Å². The van der Waals surface area contributed by atoms with E-state index in [1.165, 1.54) is 35.2 Å². The Labute approximate surface area is 119 Å². The van der Waals surface area contributed by atoms with E-state index >= 15 is 0 Å². The highest BCUT2D eigenvalue weighted by Gasteiger charge is 2.18. The van der Waals surface area contributed by atoms with Gasteiger partial charge in [0.2, 0.25) is 0 Å². The molecular formula is C16H19ClN2. The zero-order chi connectivity index (χ0) is 13.4. The zero-order valence-corrected chi connectivity index (χ0v) is 12.3. The van der Waals surface area contributed by atoms with Gasteiger partial charge in [-0.05, 0) is 62.8 Å². The molecule has 0 aliphatic heterocycles. The maximum atomic E-state index is 6.22. The monoisotopic (exact) mass is 274 g/mol. The topological polar surface area (TPSA) is 24.9 Å². The van der Waals surface area contributed by atoms with Crippen molar-refractivity contribution in [3.8, 4) is 0 Å². The van der Waals surface area contributed by atoms with Crippen molar-refractivity contribution in [1.82, 2.24) is 4.98 Å². The first-order chi connectivity index (χ1) is 9.20. The van der Waals surface area contributed by atoms with Crippen molar-refractivity contribution < 1.29 is 0 Å². The van der Waals surface area contributed by atoms with Crippen LogP contribution in [0.1, 0.15) is 36.6 Å². The second-order valence-electron chi connectivity index (χ2n) is 5.27. The molecule has 0 spiro atoms. The summed E-state index contributed by atoms with van der Waals surface area (Å²) in [7, 11) is 0. The van der Waals surface area contributed by atoms with Crippen LogP contribution in [0.2, 0.25) is 5.02 Å². The molecule has 0 fully saturated rings. The molecule has 0 amide bonds. The van der Waals surface area contributed by atoms with E-state index in [4.69, 9.17) is 16.6 Å². The number of halogens is 1. The lowest BCUT2D eigenvalue weighted by Gasteiger charge is -2.22. The predicted octanol–water partition coefficient (Wildman–Crippen LogP) is 4.51. The van der Waals surface area contributed by atoms with Gasteiger partial charge in [-0.25, -0.2) is 0 Å². The van der Waals surface area contributed by atoms with Crippen molar-refractivity contribution in [3.63, 3.8) is 0 Å². The summed E-state index contributed by atoms with van der Waals surface area (Å²) >= 11 is 6.22. The summed E-state index contributed by atoms with van der Waals surface area (Å²) in [5.74, 6) is 0. The van der Waals surface area contributed by atoms with Gasteiger partial charge in [-0.3, -0.25) is 4.98 Å². The molecule has 1 aliphatic rings. The standard InChI is InChI=1S/C16H19ClN2/c1-3-18-16-12-6-4-5-7-14(12)19-15-10(2)8-11(17)9-13(15)16/h8-9H,3-7H2,1-2H3,(H,18,19). The first kappa shape index (κ1) is 12.7. The Morgan fingerprint density at radius 3 is 2.84 bits per heavy atom. The Balaban J connectivity index is 2.35. The number of aryl methyl sites for hydroxylation is 2. The van der Waals surface area contributed by atoms with E-state index in [9.17, 15) is 0 Å². The normalized spacial score (nSPS) is 14.5. The molecule has 1 heterocycles. The molecule has 0 bridgehead atoms. The molecule has 2 aromatic rings. The van der Waals surface area contributed by atoms with Gasteiger partial charge in [-0.1, -0.05) is 11.6 Å². The molecule has 1 aromatic carbocycles. The lowest BCUT2D eigenvalue weighted by Crippen LogP contribution is -2.11. The van der Waals surface area contributed by atoms with Crippen LogP contribution in [0.4, 0.5) is 5.69 Å². The average Bonchev–Trinajstić information content (AvgIpc) is 2.40. The third-order valence-electron chi connectivity index (χ3n) is 3.88. The van der Waals surface area contributed by atoms with Crippen LogP contribution in [-0.4, -0.2) is 11.5 Å². The minimum absolute atomic E-state index is 0.793. The summed E-state index contributed by atoms with van der Waals surface area (Å²) in [6, 6.07) is 4.05. The van der Waals surface area contributed by atoms with E-state index in [-0.39, 0.29) is 0 Å². The van der Waals surface area contributed by atoms with Crippen LogP contribution >= 0.6 is 11.6 Å². The SMILES string of the molecule is CCNc1c2c(nc3c(C)cc(Cl)cc13)CCCC2. The molecule has 3 rings (SSSR count). The van der Waals surface area contributed by atoms with Gasteiger partial charge < -0.3 is 5.32 Å². The van der Waals surface area contributed by atoms with Crippen LogP contribution in [0, 0.1) is 6.92 Å². The quantitative estimate of drug-likeness (QED) is 0.872. The fourth-order valence-electron chi connectivity index (χ4n) is 3.03. The van der Waals surface area contributed by atoms with Crippen molar-refractivity contribution in [2.45, 2.75) is 39.5 Å². The van der Waals surface area contributed by atoms with Crippen LogP contribution < -0.4 is 5.32 Å². The Morgan fingerprint density at radius 1 is 1.26 bits per heavy atom. The molecular weight excluding hydrogens is 256 g/mol. The van der Waals surface area contributed by atoms with Crippen molar-refractivity contribution >= 4 is 28.2 Å². The highest BCUT2D eigenvalue weighted by molar-refractivity contribution is 6.31. The van der Waals surface area contributed by atoms with E-state index in [0.717, 1.165) is 35.5 Å². The smallest absolute Gasteiger partial charge is 0.0756 e. The minimum atomic E-state index is 0.793. The zero-order valence-electron chi connectivity index (χ0n) is 11.5. The molecule has 1 aromatic heterocycles. The van der Waals surface area contributed by atoms with Crippen molar-refractivity contribution in [3.05, 3.63) is 34.0 Å². The average molecular weight is 275 g/mol. The number of nitrogens with one attached hydrogen (secondary N) is 1. The highest BCUT2D eigenvalue weighted by Crippen LogP contribution is 2.35. The summed E-state index contributed by atoms with van der Waals surface area (Å²) in [6.07, 6.45) is 4.75. The molecule has 0 atom stereocenters. The number of rotatable bonds is 2. The molecule has 3 heteroatoms. The summed E-state index contributed by atoms with van der Waals surface area (Å²) in [4.78, 5) is 4.90. The van der Waals surface area contributed by atoms with Gasteiger partial charge in [0, 0.05) is 28.3 Å². The van der Waals surface area contributed by atoms with Crippen LogP contribution in [0.5, 0.6) is 0 Å². The number of anilines is 1. The largest absolute Gasteiger partial charge is 0.384 e. The number of benzene rings is 1. The number of fused-ring (bicyclic) bond motifs is 2. The summed E-state index contributed by atoms with van der Waals surface area (Å²) < 4.78 is 0. The van der Waals surface area contributed by atoms with E-state index in [1.807, 2.05) is 12.1 Å². The van der Waals surface area contributed by atoms with E-state index < -0.39 is 0 Å². The lowest BCUT2D eigenvalue weighted by atomic mass is 9.92. The summed E-state index contributed by atoms with van der Waals surface area (Å²) in [5, 5.41) is 5.50.